The number of hydrogen-bond acceptors (Lipinski definition) is 0. The first-order chi connectivity index (χ1) is 29.3. The van der Waals surface area contributed by atoms with Gasteiger partial charge in [0.1, 0.15) is 0 Å². The number of rotatable bonds is 1. The van der Waals surface area contributed by atoms with Crippen molar-refractivity contribution in [1.82, 2.24) is 0 Å². The van der Waals surface area contributed by atoms with E-state index in [1.165, 1.54) is 137 Å². The molecule has 0 bridgehead atoms. The van der Waals surface area contributed by atoms with Gasteiger partial charge < -0.3 is 0 Å². The van der Waals surface area contributed by atoms with Crippen LogP contribution in [-0.4, -0.2) is 21.5 Å². The molecule has 0 aromatic heterocycles. The van der Waals surface area contributed by atoms with E-state index in [1.54, 1.807) is 5.19 Å². The summed E-state index contributed by atoms with van der Waals surface area (Å²) in [4.78, 5) is 0. The highest BCUT2D eigenvalue weighted by Gasteiger charge is 2.46. The fraction of sp³-hybridized carbons (Fsp3) is 0.333. The minimum absolute atomic E-state index is 0.0123. The molecule has 0 N–H and O–H groups in total. The van der Waals surface area contributed by atoms with Crippen molar-refractivity contribution in [1.29, 1.82) is 0 Å². The molecule has 4 aliphatic rings. The summed E-state index contributed by atoms with van der Waals surface area (Å²) in [6.07, 6.45) is 0. The van der Waals surface area contributed by atoms with Gasteiger partial charge in [-0.3, -0.25) is 0 Å². The zero-order valence-electron chi connectivity index (χ0n) is 40.7. The molecular weight excluding hydrogens is 770 g/mol. The zero-order valence-corrected chi connectivity index (χ0v) is 41.7. The fourth-order valence-corrected chi connectivity index (χ4v) is 14.2. The SMILES string of the molecule is Cc1cc2c3c(cc4c([Si](C)(C)C)cc5c6c(cc1c3c46)B1c3ccc(C(C)(C)C)cc3-c3cc(C(C)(C)C)cc-5c31)B1c3ccc(C(C)(C)C)cc3-c3cc(C(C)(C)C)cc-2c31. The van der Waals surface area contributed by atoms with Crippen LogP contribution in [0.2, 0.25) is 19.6 Å². The molecule has 8 aromatic carbocycles. The summed E-state index contributed by atoms with van der Waals surface area (Å²) in [6.45, 7) is 39.1. The molecular formula is C60H62B2Si. The molecule has 0 nitrogen and oxygen atoms in total. The molecule has 0 atom stereocenters. The van der Waals surface area contributed by atoms with Gasteiger partial charge >= 0.3 is 0 Å². The van der Waals surface area contributed by atoms with Crippen LogP contribution < -0.4 is 38.0 Å². The smallest absolute Gasteiger partial charge is 0.0661 e. The van der Waals surface area contributed by atoms with E-state index in [2.05, 4.69) is 195 Å². The third kappa shape index (κ3) is 5.18. The van der Waals surface area contributed by atoms with Gasteiger partial charge in [-0.25, -0.2) is 0 Å². The van der Waals surface area contributed by atoms with Crippen LogP contribution in [-0.2, 0) is 21.7 Å². The van der Waals surface area contributed by atoms with Crippen LogP contribution in [0.15, 0.2) is 84.9 Å². The van der Waals surface area contributed by atoms with E-state index in [1.807, 2.05) is 0 Å². The summed E-state index contributed by atoms with van der Waals surface area (Å²) in [5, 5.41) is 10.6. The second kappa shape index (κ2) is 11.9. The summed E-state index contributed by atoms with van der Waals surface area (Å²) in [5.74, 6) is 0. The first-order valence-corrected chi connectivity index (χ1v) is 27.3. The molecule has 0 fully saturated rings. The average Bonchev–Trinajstić information content (AvgIpc) is 3.70. The van der Waals surface area contributed by atoms with Crippen molar-refractivity contribution in [3.63, 3.8) is 0 Å². The molecule has 63 heavy (non-hydrogen) atoms. The monoisotopic (exact) mass is 832 g/mol. The lowest BCUT2D eigenvalue weighted by Crippen LogP contribution is -2.53. The molecule has 0 amide bonds. The lowest BCUT2D eigenvalue weighted by molar-refractivity contribution is 0.590. The number of aryl methyl sites for hydroxylation is 1. The van der Waals surface area contributed by atoms with Gasteiger partial charge in [-0.2, -0.15) is 0 Å². The summed E-state index contributed by atoms with van der Waals surface area (Å²) >= 11 is 0. The van der Waals surface area contributed by atoms with Gasteiger partial charge in [-0.05, 0) is 133 Å². The van der Waals surface area contributed by atoms with Crippen LogP contribution in [0.25, 0.3) is 76.8 Å². The summed E-state index contributed by atoms with van der Waals surface area (Å²) in [7, 11) is -1.91. The second-order valence-corrected chi connectivity index (χ2v) is 30.5. The normalized spacial score (nSPS) is 14.9. The molecule has 0 spiro atoms. The van der Waals surface area contributed by atoms with Gasteiger partial charge in [0, 0.05) is 0 Å². The van der Waals surface area contributed by atoms with E-state index >= 15 is 0 Å². The molecule has 0 unspecified atom stereocenters. The predicted molar refractivity (Wildman–Crippen MR) is 284 cm³/mol. The van der Waals surface area contributed by atoms with Crippen molar-refractivity contribution in [2.45, 2.75) is 131 Å². The molecule has 3 heteroatoms. The average molecular weight is 833 g/mol. The maximum Gasteiger partial charge on any atom is 0.244 e. The van der Waals surface area contributed by atoms with Gasteiger partial charge in [0.05, 0.1) is 8.07 Å². The maximum absolute atomic E-state index is 2.74. The standard InChI is InChI=1S/C60H62B2Si/c1-31-21-39-43-26-34(59(8,9)10)24-41-37-22-33(58(5,6)7)18-20-47(37)62(55(41)43)49-29-45-50(63(14,15)16)30-40-44-27-35(60(11,12)13)25-42-38-23-32(57(2,3)4)17-19-46(38)61(56(42)44)48-28-36(31)53(51(39)49)54(45)52(40)48/h17-30H,1-16H3. The van der Waals surface area contributed by atoms with Crippen molar-refractivity contribution in [3.8, 4) is 44.5 Å². The molecule has 0 saturated carbocycles. The Hall–Kier alpha value is -4.85. The maximum atomic E-state index is 2.74. The lowest BCUT2D eigenvalue weighted by Gasteiger charge is -2.34. The Labute approximate surface area is 378 Å². The minimum Gasteiger partial charge on any atom is -0.0661 e. The molecule has 4 heterocycles. The highest BCUT2D eigenvalue weighted by atomic mass is 28.3. The lowest BCUT2D eigenvalue weighted by atomic mass is 9.34. The summed E-state index contributed by atoms with van der Waals surface area (Å²) < 4.78 is 0. The number of hydrogen-bond donors (Lipinski definition) is 0. The Kier molecular flexibility index (Phi) is 7.49. The van der Waals surface area contributed by atoms with E-state index in [0.717, 1.165) is 0 Å². The third-order valence-electron chi connectivity index (χ3n) is 16.1. The highest BCUT2D eigenvalue weighted by Crippen LogP contribution is 2.49. The summed E-state index contributed by atoms with van der Waals surface area (Å²) in [6, 6.07) is 36.1. The van der Waals surface area contributed by atoms with E-state index in [9.17, 15) is 0 Å². The Bertz CT molecular complexity index is 3400. The van der Waals surface area contributed by atoms with Crippen molar-refractivity contribution in [2.75, 3.05) is 0 Å². The molecule has 4 aliphatic heterocycles. The van der Waals surface area contributed by atoms with Gasteiger partial charge in [-0.15, -0.1) is 0 Å². The molecule has 0 radical (unpaired) electrons. The largest absolute Gasteiger partial charge is 0.244 e. The molecule has 312 valence electrons. The van der Waals surface area contributed by atoms with Crippen LogP contribution >= 0.6 is 0 Å². The van der Waals surface area contributed by atoms with E-state index < -0.39 is 8.07 Å². The minimum atomic E-state index is -1.91. The quantitative estimate of drug-likeness (QED) is 0.114. The fourth-order valence-electron chi connectivity index (χ4n) is 12.6. The molecule has 0 saturated heterocycles. The van der Waals surface area contributed by atoms with Crippen molar-refractivity contribution < 1.29 is 0 Å². The van der Waals surface area contributed by atoms with Crippen LogP contribution in [0.3, 0.4) is 0 Å². The molecule has 12 rings (SSSR count). The van der Waals surface area contributed by atoms with Crippen LogP contribution in [0.1, 0.15) is 111 Å². The Balaban J connectivity index is 1.27. The van der Waals surface area contributed by atoms with E-state index in [-0.39, 0.29) is 35.1 Å². The van der Waals surface area contributed by atoms with Gasteiger partial charge in [0.2, 0.25) is 13.4 Å². The van der Waals surface area contributed by atoms with Gasteiger partial charge in [-0.1, -0.05) is 226 Å². The summed E-state index contributed by atoms with van der Waals surface area (Å²) in [5.41, 5.74) is 27.9. The Morgan fingerprint density at radius 1 is 0.349 bits per heavy atom. The predicted octanol–water partition coefficient (Wildman–Crippen LogP) is 11.6. The molecule has 8 aromatic rings. The molecule has 0 aliphatic carbocycles. The van der Waals surface area contributed by atoms with Crippen LogP contribution in [0, 0.1) is 6.92 Å². The van der Waals surface area contributed by atoms with E-state index in [4.69, 9.17) is 0 Å². The Morgan fingerprint density at radius 2 is 0.714 bits per heavy atom. The highest BCUT2D eigenvalue weighted by molar-refractivity contribution is 7.03. The number of fused-ring (bicyclic) bond motifs is 10. The first kappa shape index (κ1) is 39.7. The van der Waals surface area contributed by atoms with Crippen molar-refractivity contribution >= 4 is 91.8 Å². The van der Waals surface area contributed by atoms with Crippen molar-refractivity contribution in [3.05, 3.63) is 113 Å². The van der Waals surface area contributed by atoms with Gasteiger partial charge in [0.25, 0.3) is 0 Å². The van der Waals surface area contributed by atoms with E-state index in [0.29, 0.717) is 0 Å². The second-order valence-electron chi connectivity index (χ2n) is 25.4. The van der Waals surface area contributed by atoms with Crippen LogP contribution in [0.5, 0.6) is 0 Å². The number of benzene rings is 8. The zero-order chi connectivity index (χ0) is 44.6. The topological polar surface area (TPSA) is 0 Å². The van der Waals surface area contributed by atoms with Gasteiger partial charge in [0.15, 0.2) is 0 Å². The van der Waals surface area contributed by atoms with Crippen molar-refractivity contribution in [2.24, 2.45) is 0 Å². The third-order valence-corrected chi connectivity index (χ3v) is 18.1. The Morgan fingerprint density at radius 3 is 1.13 bits per heavy atom. The van der Waals surface area contributed by atoms with Crippen LogP contribution in [0.4, 0.5) is 0 Å². The first-order valence-electron chi connectivity index (χ1n) is 23.8.